The van der Waals surface area contributed by atoms with Crippen LogP contribution in [0, 0.1) is 0 Å². The highest BCUT2D eigenvalue weighted by Crippen LogP contribution is 2.07. The van der Waals surface area contributed by atoms with Crippen molar-refractivity contribution in [2.75, 3.05) is 26.7 Å². The molecule has 0 radical (unpaired) electrons. The number of carbonyl (C=O) groups is 1. The second-order valence-corrected chi connectivity index (χ2v) is 5.06. The lowest BCUT2D eigenvalue weighted by molar-refractivity contribution is 0.177. The molecule has 98 valence electrons. The molecular formula is C9H17N3O4S. The van der Waals surface area contributed by atoms with Crippen molar-refractivity contribution in [3.8, 4) is 0 Å². The first-order valence-electron chi connectivity index (χ1n) is 5.27. The van der Waals surface area contributed by atoms with Gasteiger partial charge in [0.2, 0.25) is 0 Å². The number of carbonyl (C=O) groups excluding carboxylic acids is 1. The van der Waals surface area contributed by atoms with Gasteiger partial charge in [0.25, 0.3) is 0 Å². The SMILES string of the molecule is COC(=O)NS(=O)(=O)NCCC1=CCNCC1. The maximum absolute atomic E-state index is 11.3. The third kappa shape index (κ3) is 5.66. The van der Waals surface area contributed by atoms with Gasteiger partial charge in [-0.05, 0) is 19.4 Å². The van der Waals surface area contributed by atoms with E-state index in [0.717, 1.165) is 26.6 Å². The van der Waals surface area contributed by atoms with Crippen LogP contribution in [0.1, 0.15) is 12.8 Å². The van der Waals surface area contributed by atoms with Crippen LogP contribution in [0.3, 0.4) is 0 Å². The Morgan fingerprint density at radius 1 is 1.59 bits per heavy atom. The molecule has 0 bridgehead atoms. The van der Waals surface area contributed by atoms with Crippen LogP contribution in [0.25, 0.3) is 0 Å². The van der Waals surface area contributed by atoms with Gasteiger partial charge >= 0.3 is 16.3 Å². The van der Waals surface area contributed by atoms with Crippen LogP contribution in [0.2, 0.25) is 0 Å². The lowest BCUT2D eigenvalue weighted by Gasteiger charge is -2.14. The van der Waals surface area contributed by atoms with Crippen molar-refractivity contribution in [1.29, 1.82) is 0 Å². The minimum absolute atomic E-state index is 0.262. The Balaban J connectivity index is 2.29. The topological polar surface area (TPSA) is 96.5 Å². The summed E-state index contributed by atoms with van der Waals surface area (Å²) < 4.78 is 30.7. The summed E-state index contributed by atoms with van der Waals surface area (Å²) in [5.41, 5.74) is 1.21. The van der Waals surface area contributed by atoms with Crippen molar-refractivity contribution in [3.63, 3.8) is 0 Å². The molecule has 1 amide bonds. The Bertz CT molecular complexity index is 391. The normalized spacial score (nSPS) is 16.2. The smallest absolute Gasteiger partial charge is 0.421 e. The number of rotatable bonds is 5. The molecule has 0 spiro atoms. The average molecular weight is 263 g/mol. The van der Waals surface area contributed by atoms with Gasteiger partial charge in [0.05, 0.1) is 7.11 Å². The first-order chi connectivity index (χ1) is 8.03. The van der Waals surface area contributed by atoms with Gasteiger partial charge < -0.3 is 10.1 Å². The Kier molecular flexibility index (Phi) is 5.39. The fourth-order valence-electron chi connectivity index (χ4n) is 1.43. The lowest BCUT2D eigenvalue weighted by atomic mass is 10.1. The van der Waals surface area contributed by atoms with Gasteiger partial charge in [-0.2, -0.15) is 13.1 Å². The summed E-state index contributed by atoms with van der Waals surface area (Å²) >= 11 is 0. The molecule has 0 aromatic carbocycles. The second kappa shape index (κ2) is 6.58. The molecule has 0 saturated heterocycles. The van der Waals surface area contributed by atoms with Crippen molar-refractivity contribution < 1.29 is 17.9 Å². The predicted molar refractivity (Wildman–Crippen MR) is 62.6 cm³/mol. The van der Waals surface area contributed by atoms with Crippen LogP contribution in [-0.2, 0) is 14.9 Å². The predicted octanol–water partition coefficient (Wildman–Crippen LogP) is -0.513. The molecule has 0 aliphatic carbocycles. The fourth-order valence-corrected chi connectivity index (χ4v) is 2.18. The molecule has 7 nitrogen and oxygen atoms in total. The van der Waals surface area contributed by atoms with Crippen LogP contribution in [0.15, 0.2) is 11.6 Å². The molecule has 0 unspecified atom stereocenters. The second-order valence-electron chi connectivity index (χ2n) is 3.56. The number of methoxy groups -OCH3 is 1. The van der Waals surface area contributed by atoms with Crippen molar-refractivity contribution in [3.05, 3.63) is 11.6 Å². The van der Waals surface area contributed by atoms with E-state index in [4.69, 9.17) is 0 Å². The number of ether oxygens (including phenoxy) is 1. The van der Waals surface area contributed by atoms with E-state index in [9.17, 15) is 13.2 Å². The zero-order valence-corrected chi connectivity index (χ0v) is 10.5. The van der Waals surface area contributed by atoms with Gasteiger partial charge in [0.15, 0.2) is 0 Å². The van der Waals surface area contributed by atoms with E-state index in [1.54, 1.807) is 4.72 Å². The number of hydrogen-bond donors (Lipinski definition) is 3. The molecule has 1 heterocycles. The standard InChI is InChI=1S/C9H17N3O4S/c1-16-9(13)12-17(14,15)11-7-4-8-2-5-10-6-3-8/h2,10-11H,3-7H2,1H3,(H,12,13). The zero-order valence-electron chi connectivity index (χ0n) is 9.65. The molecular weight excluding hydrogens is 246 g/mol. The molecule has 8 heteroatoms. The molecule has 0 fully saturated rings. The van der Waals surface area contributed by atoms with E-state index in [-0.39, 0.29) is 6.54 Å². The summed E-state index contributed by atoms with van der Waals surface area (Å²) in [6, 6.07) is 0. The van der Waals surface area contributed by atoms with Crippen molar-refractivity contribution >= 4 is 16.3 Å². The lowest BCUT2D eigenvalue weighted by Crippen LogP contribution is -2.40. The van der Waals surface area contributed by atoms with Gasteiger partial charge in [0, 0.05) is 13.1 Å². The molecule has 1 aliphatic rings. The van der Waals surface area contributed by atoms with Crippen LogP contribution in [0.4, 0.5) is 4.79 Å². The van der Waals surface area contributed by atoms with E-state index in [1.165, 1.54) is 5.57 Å². The average Bonchev–Trinajstić information content (AvgIpc) is 2.29. The fraction of sp³-hybridized carbons (Fsp3) is 0.667. The Morgan fingerprint density at radius 2 is 2.35 bits per heavy atom. The monoisotopic (exact) mass is 263 g/mol. The van der Waals surface area contributed by atoms with Crippen LogP contribution in [-0.4, -0.2) is 41.3 Å². The minimum atomic E-state index is -3.81. The van der Waals surface area contributed by atoms with Crippen molar-refractivity contribution in [2.45, 2.75) is 12.8 Å². The highest BCUT2D eigenvalue weighted by Gasteiger charge is 2.13. The summed E-state index contributed by atoms with van der Waals surface area (Å²) in [5.74, 6) is 0. The highest BCUT2D eigenvalue weighted by atomic mass is 32.2. The maximum atomic E-state index is 11.3. The van der Waals surface area contributed by atoms with Gasteiger partial charge in [-0.3, -0.25) is 0 Å². The van der Waals surface area contributed by atoms with Crippen molar-refractivity contribution in [2.24, 2.45) is 0 Å². The minimum Gasteiger partial charge on any atom is -0.452 e. The first-order valence-corrected chi connectivity index (χ1v) is 6.76. The van der Waals surface area contributed by atoms with Crippen molar-refractivity contribution in [1.82, 2.24) is 14.8 Å². The number of nitrogens with one attached hydrogen (secondary N) is 3. The largest absolute Gasteiger partial charge is 0.452 e. The molecule has 3 N–H and O–H groups in total. The Morgan fingerprint density at radius 3 is 2.94 bits per heavy atom. The van der Waals surface area contributed by atoms with E-state index in [0.29, 0.717) is 6.42 Å². The van der Waals surface area contributed by atoms with E-state index in [2.05, 4.69) is 14.8 Å². The van der Waals surface area contributed by atoms with Crippen LogP contribution in [0.5, 0.6) is 0 Å². The third-order valence-electron chi connectivity index (χ3n) is 2.30. The van der Waals surface area contributed by atoms with E-state index < -0.39 is 16.3 Å². The van der Waals surface area contributed by atoms with Gasteiger partial charge in [-0.25, -0.2) is 9.52 Å². The van der Waals surface area contributed by atoms with E-state index in [1.807, 2.05) is 6.08 Å². The molecule has 17 heavy (non-hydrogen) atoms. The summed E-state index contributed by atoms with van der Waals surface area (Å²) in [6.07, 6.45) is 2.61. The molecule has 1 rings (SSSR count). The summed E-state index contributed by atoms with van der Waals surface area (Å²) in [7, 11) is -2.71. The van der Waals surface area contributed by atoms with Crippen LogP contribution < -0.4 is 14.8 Å². The summed E-state index contributed by atoms with van der Waals surface area (Å²) in [4.78, 5) is 10.7. The molecule has 0 aromatic heterocycles. The molecule has 0 atom stereocenters. The first kappa shape index (κ1) is 13.9. The van der Waals surface area contributed by atoms with E-state index >= 15 is 0 Å². The number of hydrogen-bond acceptors (Lipinski definition) is 5. The van der Waals surface area contributed by atoms with Gasteiger partial charge in [-0.1, -0.05) is 11.6 Å². The molecule has 0 aromatic rings. The Hall–Kier alpha value is -1.12. The molecule has 1 aliphatic heterocycles. The maximum Gasteiger partial charge on any atom is 0.421 e. The molecule has 0 saturated carbocycles. The number of amides is 1. The summed E-state index contributed by atoms with van der Waals surface area (Å²) in [5, 5.41) is 3.17. The Labute approximate surface area is 101 Å². The highest BCUT2D eigenvalue weighted by molar-refractivity contribution is 7.88. The van der Waals surface area contributed by atoms with Gasteiger partial charge in [-0.15, -0.1) is 0 Å². The summed E-state index contributed by atoms with van der Waals surface area (Å²) in [6.45, 7) is 2.00. The third-order valence-corrected chi connectivity index (χ3v) is 3.32. The van der Waals surface area contributed by atoms with Gasteiger partial charge in [0.1, 0.15) is 0 Å². The zero-order chi connectivity index (χ0) is 12.7. The van der Waals surface area contributed by atoms with Crippen LogP contribution >= 0.6 is 0 Å². The quantitative estimate of drug-likeness (QED) is 0.580.